The first-order valence-electron chi connectivity index (χ1n) is 3.62. The number of aromatic nitrogens is 1. The molecule has 0 atom stereocenters. The molecular formula is C9H13NS. The fourth-order valence-electron chi connectivity index (χ4n) is 0.837. The molecule has 0 saturated carbocycles. The number of hydrogen-bond acceptors (Lipinski definition) is 2. The second-order valence-corrected chi connectivity index (χ2v) is 4.39. The van der Waals surface area contributed by atoms with Crippen molar-refractivity contribution in [1.82, 2.24) is 4.98 Å². The molecule has 0 radical (unpaired) electrons. The fourth-order valence-corrected chi connectivity index (χ4v) is 1.19. The average Bonchev–Trinajstić information content (AvgIpc) is 2.06. The molecule has 1 rings (SSSR count). The Morgan fingerprint density at radius 2 is 2.18 bits per heavy atom. The van der Waals surface area contributed by atoms with E-state index in [0.717, 1.165) is 0 Å². The van der Waals surface area contributed by atoms with Crippen molar-refractivity contribution < 1.29 is 0 Å². The summed E-state index contributed by atoms with van der Waals surface area (Å²) < 4.78 is 0.189. The standard InChI is InChI=1S/C9H13NS/c1-9(2,11-3)8-5-4-6-10-7-8/h4-7H,1-3H3. The summed E-state index contributed by atoms with van der Waals surface area (Å²) in [6, 6.07) is 4.09. The summed E-state index contributed by atoms with van der Waals surface area (Å²) in [6.07, 6.45) is 5.85. The van der Waals surface area contributed by atoms with E-state index in [9.17, 15) is 0 Å². The SMILES string of the molecule is CSC(C)(C)c1cccnc1. The van der Waals surface area contributed by atoms with Crippen molar-refractivity contribution in [2.24, 2.45) is 0 Å². The van der Waals surface area contributed by atoms with Gasteiger partial charge in [0.2, 0.25) is 0 Å². The molecule has 1 nitrogen and oxygen atoms in total. The number of thioether (sulfide) groups is 1. The van der Waals surface area contributed by atoms with Crippen LogP contribution < -0.4 is 0 Å². The van der Waals surface area contributed by atoms with Crippen LogP contribution in [0.3, 0.4) is 0 Å². The summed E-state index contributed by atoms with van der Waals surface area (Å²) in [6.45, 7) is 4.41. The van der Waals surface area contributed by atoms with Crippen LogP contribution in [0.5, 0.6) is 0 Å². The molecule has 2 heteroatoms. The molecule has 0 spiro atoms. The maximum absolute atomic E-state index is 4.09. The van der Waals surface area contributed by atoms with E-state index >= 15 is 0 Å². The van der Waals surface area contributed by atoms with Gasteiger partial charge in [-0.2, -0.15) is 11.8 Å². The minimum Gasteiger partial charge on any atom is -0.264 e. The molecule has 1 aromatic rings. The fraction of sp³-hybridized carbons (Fsp3) is 0.444. The largest absolute Gasteiger partial charge is 0.264 e. The highest BCUT2D eigenvalue weighted by Gasteiger charge is 2.17. The molecule has 1 aromatic heterocycles. The van der Waals surface area contributed by atoms with Crippen molar-refractivity contribution in [3.05, 3.63) is 30.1 Å². The Labute approximate surface area is 72.2 Å². The summed E-state index contributed by atoms with van der Waals surface area (Å²) in [5.74, 6) is 0. The van der Waals surface area contributed by atoms with Gasteiger partial charge in [0.25, 0.3) is 0 Å². The molecule has 0 saturated heterocycles. The first-order valence-corrected chi connectivity index (χ1v) is 4.85. The zero-order valence-corrected chi connectivity index (χ0v) is 7.98. The lowest BCUT2D eigenvalue weighted by molar-refractivity contribution is 0.779. The minimum atomic E-state index is 0.189. The Morgan fingerprint density at radius 1 is 1.45 bits per heavy atom. The highest BCUT2D eigenvalue weighted by atomic mass is 32.2. The van der Waals surface area contributed by atoms with Crippen molar-refractivity contribution in [1.29, 1.82) is 0 Å². The smallest absolute Gasteiger partial charge is 0.0364 e. The van der Waals surface area contributed by atoms with Crippen LogP contribution in [0.25, 0.3) is 0 Å². The van der Waals surface area contributed by atoms with Crippen LogP contribution in [-0.4, -0.2) is 11.2 Å². The molecule has 0 N–H and O–H groups in total. The molecule has 0 aliphatic carbocycles. The Morgan fingerprint density at radius 3 is 2.64 bits per heavy atom. The average molecular weight is 167 g/mol. The minimum absolute atomic E-state index is 0.189. The summed E-state index contributed by atoms with van der Waals surface area (Å²) in [5, 5.41) is 0. The van der Waals surface area contributed by atoms with Crippen LogP contribution in [0, 0.1) is 0 Å². The van der Waals surface area contributed by atoms with Crippen molar-refractivity contribution in [2.45, 2.75) is 18.6 Å². The highest BCUT2D eigenvalue weighted by molar-refractivity contribution is 7.99. The predicted molar refractivity (Wildman–Crippen MR) is 50.8 cm³/mol. The Hall–Kier alpha value is -0.500. The van der Waals surface area contributed by atoms with E-state index in [2.05, 4.69) is 31.2 Å². The van der Waals surface area contributed by atoms with E-state index in [1.54, 1.807) is 6.20 Å². The molecule has 0 amide bonds. The van der Waals surface area contributed by atoms with Crippen LogP contribution in [-0.2, 0) is 4.75 Å². The van der Waals surface area contributed by atoms with Gasteiger partial charge in [0.1, 0.15) is 0 Å². The summed E-state index contributed by atoms with van der Waals surface area (Å²) in [4.78, 5) is 4.09. The molecule has 1 heterocycles. The lowest BCUT2D eigenvalue weighted by atomic mass is 10.1. The molecular weight excluding hydrogens is 154 g/mol. The number of nitrogens with zero attached hydrogens (tertiary/aromatic N) is 1. The van der Waals surface area contributed by atoms with Gasteiger partial charge in [-0.1, -0.05) is 6.07 Å². The first-order chi connectivity index (χ1) is 5.17. The summed E-state index contributed by atoms with van der Waals surface area (Å²) in [5.41, 5.74) is 1.28. The monoisotopic (exact) mass is 167 g/mol. The van der Waals surface area contributed by atoms with Crippen molar-refractivity contribution in [2.75, 3.05) is 6.26 Å². The third-order valence-corrected chi connectivity index (χ3v) is 3.12. The van der Waals surface area contributed by atoms with Gasteiger partial charge in [0.15, 0.2) is 0 Å². The normalized spacial score (nSPS) is 11.5. The maximum Gasteiger partial charge on any atom is 0.0364 e. The van der Waals surface area contributed by atoms with E-state index in [0.29, 0.717) is 0 Å². The maximum atomic E-state index is 4.09. The van der Waals surface area contributed by atoms with Crippen LogP contribution >= 0.6 is 11.8 Å². The van der Waals surface area contributed by atoms with Gasteiger partial charge in [-0.3, -0.25) is 4.98 Å². The molecule has 0 unspecified atom stereocenters. The van der Waals surface area contributed by atoms with E-state index in [-0.39, 0.29) is 4.75 Å². The van der Waals surface area contributed by atoms with Crippen molar-refractivity contribution >= 4 is 11.8 Å². The molecule has 0 fully saturated rings. The van der Waals surface area contributed by atoms with E-state index in [1.807, 2.05) is 24.0 Å². The van der Waals surface area contributed by atoms with Gasteiger partial charge in [-0.25, -0.2) is 0 Å². The number of pyridine rings is 1. The molecule has 0 aliphatic rings. The quantitative estimate of drug-likeness (QED) is 0.671. The van der Waals surface area contributed by atoms with E-state index in [4.69, 9.17) is 0 Å². The predicted octanol–water partition coefficient (Wildman–Crippen LogP) is 2.68. The zero-order valence-electron chi connectivity index (χ0n) is 7.16. The van der Waals surface area contributed by atoms with E-state index < -0.39 is 0 Å². The van der Waals surface area contributed by atoms with Crippen LogP contribution in [0.4, 0.5) is 0 Å². The molecule has 60 valence electrons. The molecule has 0 aliphatic heterocycles. The third kappa shape index (κ3) is 1.96. The first kappa shape index (κ1) is 8.60. The topological polar surface area (TPSA) is 12.9 Å². The summed E-state index contributed by atoms with van der Waals surface area (Å²) in [7, 11) is 0. The van der Waals surface area contributed by atoms with Crippen molar-refractivity contribution in [3.63, 3.8) is 0 Å². The molecule has 0 bridgehead atoms. The van der Waals surface area contributed by atoms with Gasteiger partial charge in [-0.05, 0) is 31.7 Å². The molecule has 11 heavy (non-hydrogen) atoms. The number of rotatable bonds is 2. The van der Waals surface area contributed by atoms with Gasteiger partial charge in [0.05, 0.1) is 0 Å². The van der Waals surface area contributed by atoms with Crippen molar-refractivity contribution in [3.8, 4) is 0 Å². The Balaban J connectivity index is 2.93. The van der Waals surface area contributed by atoms with E-state index in [1.165, 1.54) is 5.56 Å². The van der Waals surface area contributed by atoms with Gasteiger partial charge >= 0.3 is 0 Å². The summed E-state index contributed by atoms with van der Waals surface area (Å²) >= 11 is 1.84. The third-order valence-electron chi connectivity index (χ3n) is 1.87. The zero-order chi connectivity index (χ0) is 8.32. The lowest BCUT2D eigenvalue weighted by Crippen LogP contribution is -2.10. The number of hydrogen-bond donors (Lipinski definition) is 0. The second-order valence-electron chi connectivity index (χ2n) is 2.96. The Bertz CT molecular complexity index is 218. The Kier molecular flexibility index (Phi) is 2.55. The van der Waals surface area contributed by atoms with Gasteiger partial charge in [0, 0.05) is 17.1 Å². The molecule has 0 aromatic carbocycles. The van der Waals surface area contributed by atoms with Crippen LogP contribution in [0.1, 0.15) is 19.4 Å². The van der Waals surface area contributed by atoms with Gasteiger partial charge < -0.3 is 0 Å². The van der Waals surface area contributed by atoms with Gasteiger partial charge in [-0.15, -0.1) is 0 Å². The lowest BCUT2D eigenvalue weighted by Gasteiger charge is -2.21. The van der Waals surface area contributed by atoms with Crippen LogP contribution in [0.15, 0.2) is 24.5 Å². The second kappa shape index (κ2) is 3.26. The van der Waals surface area contributed by atoms with Crippen LogP contribution in [0.2, 0.25) is 0 Å². The highest BCUT2D eigenvalue weighted by Crippen LogP contribution is 2.32.